The van der Waals surface area contributed by atoms with Crippen LogP contribution in [0.1, 0.15) is 23.6 Å². The van der Waals surface area contributed by atoms with Gasteiger partial charge in [-0.25, -0.2) is 4.79 Å². The molecule has 7 nitrogen and oxygen atoms in total. The molecule has 0 saturated carbocycles. The lowest BCUT2D eigenvalue weighted by Gasteiger charge is -2.42. The number of aromatic hydroxyl groups is 1. The summed E-state index contributed by atoms with van der Waals surface area (Å²) in [4.78, 5) is 27.6. The standard InChI is InChI=1S/C28H26N2O5/c1-34-21-8-5-18(6-9-21)22-12-19-7-10-25(31)23(27(19)35-28(22)33)16-29-13-17-11-20(15-29)24-3-2-4-26(32)30(24)14-17/h2-10,12,17,20,31H,11,13-16H2,1H3/t17?,20-/m1/s1. The first-order valence-corrected chi connectivity index (χ1v) is 11.9. The van der Waals surface area contributed by atoms with Gasteiger partial charge in [0.15, 0.2) is 0 Å². The fraction of sp³-hybridized carbons (Fsp3) is 0.286. The maximum atomic E-state index is 12.9. The summed E-state index contributed by atoms with van der Waals surface area (Å²) >= 11 is 0. The number of likely N-dealkylation sites (tertiary alicyclic amines) is 1. The molecule has 2 aliphatic rings. The van der Waals surface area contributed by atoms with Crippen LogP contribution in [0, 0.1) is 5.92 Å². The maximum absolute atomic E-state index is 12.9. The van der Waals surface area contributed by atoms with Crippen LogP contribution in [-0.4, -0.2) is 34.8 Å². The zero-order chi connectivity index (χ0) is 24.1. The second-order valence-corrected chi connectivity index (χ2v) is 9.55. The lowest BCUT2D eigenvalue weighted by molar-refractivity contribution is 0.113. The first-order valence-electron chi connectivity index (χ1n) is 11.9. The van der Waals surface area contributed by atoms with Crippen LogP contribution in [0.5, 0.6) is 11.5 Å². The molecule has 1 fully saturated rings. The molecule has 178 valence electrons. The molecule has 4 aromatic rings. The summed E-state index contributed by atoms with van der Waals surface area (Å²) < 4.78 is 12.9. The number of phenols is 1. The number of aromatic nitrogens is 1. The van der Waals surface area contributed by atoms with Crippen molar-refractivity contribution in [2.24, 2.45) is 5.92 Å². The first kappa shape index (κ1) is 21.7. The van der Waals surface area contributed by atoms with Gasteiger partial charge < -0.3 is 18.8 Å². The Bertz CT molecular complexity index is 1540. The summed E-state index contributed by atoms with van der Waals surface area (Å²) in [6.07, 6.45) is 1.06. The van der Waals surface area contributed by atoms with Gasteiger partial charge in [-0.3, -0.25) is 9.69 Å². The van der Waals surface area contributed by atoms with E-state index in [2.05, 4.69) is 4.90 Å². The smallest absolute Gasteiger partial charge is 0.344 e. The number of benzene rings is 2. The minimum atomic E-state index is -0.446. The van der Waals surface area contributed by atoms with Crippen molar-refractivity contribution in [3.8, 4) is 22.6 Å². The quantitative estimate of drug-likeness (QED) is 0.455. The number of fused-ring (bicyclic) bond motifs is 5. The normalized spacial score (nSPS) is 19.5. The average molecular weight is 471 g/mol. The number of pyridine rings is 1. The largest absolute Gasteiger partial charge is 0.507 e. The molecule has 1 saturated heterocycles. The van der Waals surface area contributed by atoms with E-state index in [-0.39, 0.29) is 17.2 Å². The Morgan fingerprint density at radius 3 is 2.66 bits per heavy atom. The second kappa shape index (κ2) is 8.43. The van der Waals surface area contributed by atoms with E-state index in [1.54, 1.807) is 37.4 Å². The van der Waals surface area contributed by atoms with E-state index in [4.69, 9.17) is 9.15 Å². The molecule has 0 radical (unpaired) electrons. The van der Waals surface area contributed by atoms with E-state index < -0.39 is 5.63 Å². The van der Waals surface area contributed by atoms with Crippen LogP contribution in [0.25, 0.3) is 22.1 Å². The predicted octanol–water partition coefficient (Wildman–Crippen LogP) is 3.96. The molecule has 2 aromatic carbocycles. The number of hydrogen-bond donors (Lipinski definition) is 1. The van der Waals surface area contributed by atoms with Crippen molar-refractivity contribution in [3.63, 3.8) is 0 Å². The van der Waals surface area contributed by atoms with Gasteiger partial charge in [0.05, 0.1) is 18.2 Å². The summed E-state index contributed by atoms with van der Waals surface area (Å²) in [7, 11) is 1.60. The molecule has 2 bridgehead atoms. The third kappa shape index (κ3) is 3.82. The van der Waals surface area contributed by atoms with Crippen LogP contribution >= 0.6 is 0 Å². The Kier molecular flexibility index (Phi) is 5.22. The number of phenolic OH excluding ortho intramolecular Hbond substituents is 1. The molecular formula is C28H26N2O5. The summed E-state index contributed by atoms with van der Waals surface area (Å²) in [5, 5.41) is 11.5. The van der Waals surface area contributed by atoms with Gasteiger partial charge in [0.1, 0.15) is 17.1 Å². The molecule has 0 aliphatic carbocycles. The van der Waals surface area contributed by atoms with Crippen molar-refractivity contribution in [3.05, 3.63) is 92.7 Å². The number of methoxy groups -OCH3 is 1. The molecule has 7 heteroatoms. The van der Waals surface area contributed by atoms with Gasteiger partial charge in [-0.15, -0.1) is 0 Å². The van der Waals surface area contributed by atoms with Gasteiger partial charge in [0, 0.05) is 49.2 Å². The van der Waals surface area contributed by atoms with Crippen molar-refractivity contribution in [1.29, 1.82) is 0 Å². The van der Waals surface area contributed by atoms with Gasteiger partial charge in [-0.2, -0.15) is 0 Å². The van der Waals surface area contributed by atoms with Crippen LogP contribution in [-0.2, 0) is 13.1 Å². The minimum absolute atomic E-state index is 0.0618. The lowest BCUT2D eigenvalue weighted by Crippen LogP contribution is -2.46. The van der Waals surface area contributed by atoms with Crippen molar-refractivity contribution in [1.82, 2.24) is 9.47 Å². The fourth-order valence-corrected chi connectivity index (χ4v) is 5.70. The number of hydrogen-bond acceptors (Lipinski definition) is 6. The summed E-state index contributed by atoms with van der Waals surface area (Å²) in [6, 6.07) is 18.0. The van der Waals surface area contributed by atoms with Gasteiger partial charge >= 0.3 is 5.63 Å². The van der Waals surface area contributed by atoms with E-state index in [1.165, 1.54) is 0 Å². The Balaban J connectivity index is 1.34. The third-order valence-electron chi connectivity index (χ3n) is 7.32. The zero-order valence-corrected chi connectivity index (χ0v) is 19.4. The molecule has 2 aromatic heterocycles. The molecule has 6 rings (SSSR count). The van der Waals surface area contributed by atoms with Crippen LogP contribution in [0.3, 0.4) is 0 Å². The topological polar surface area (TPSA) is 84.9 Å². The molecule has 35 heavy (non-hydrogen) atoms. The van der Waals surface area contributed by atoms with Gasteiger partial charge in [-0.1, -0.05) is 18.2 Å². The van der Waals surface area contributed by atoms with Crippen molar-refractivity contribution < 1.29 is 14.3 Å². The van der Waals surface area contributed by atoms with E-state index in [1.807, 2.05) is 34.9 Å². The second-order valence-electron chi connectivity index (χ2n) is 9.55. The Labute approximate surface area is 201 Å². The molecule has 1 unspecified atom stereocenters. The zero-order valence-electron chi connectivity index (χ0n) is 19.4. The van der Waals surface area contributed by atoms with Crippen molar-refractivity contribution >= 4 is 11.0 Å². The molecule has 4 heterocycles. The SMILES string of the molecule is COc1ccc(-c2cc3ccc(O)c(CN4CC5C[C@H](C4)c4cccc(=O)n4C5)c3oc2=O)cc1. The molecule has 1 N–H and O–H groups in total. The number of nitrogens with zero attached hydrogens (tertiary/aromatic N) is 2. The summed E-state index contributed by atoms with van der Waals surface area (Å²) in [5.74, 6) is 1.46. The average Bonchev–Trinajstić information content (AvgIpc) is 2.86. The van der Waals surface area contributed by atoms with Crippen molar-refractivity contribution in [2.75, 3.05) is 20.2 Å². The molecular weight excluding hydrogens is 444 g/mol. The number of piperidine rings is 1. The monoisotopic (exact) mass is 470 g/mol. The predicted molar refractivity (Wildman–Crippen MR) is 133 cm³/mol. The van der Waals surface area contributed by atoms with Gasteiger partial charge in [0.25, 0.3) is 5.56 Å². The maximum Gasteiger partial charge on any atom is 0.344 e. The van der Waals surface area contributed by atoms with E-state index in [0.29, 0.717) is 41.5 Å². The molecule has 0 spiro atoms. The third-order valence-corrected chi connectivity index (χ3v) is 7.32. The molecule has 2 aliphatic heterocycles. The van der Waals surface area contributed by atoms with Crippen LogP contribution < -0.4 is 15.9 Å². The molecule has 2 atom stereocenters. The Morgan fingerprint density at radius 2 is 1.86 bits per heavy atom. The number of ether oxygens (including phenoxy) is 1. The highest BCUT2D eigenvalue weighted by Crippen LogP contribution is 2.37. The Hall–Kier alpha value is -3.84. The molecule has 0 amide bonds. The minimum Gasteiger partial charge on any atom is -0.507 e. The van der Waals surface area contributed by atoms with Crippen molar-refractivity contribution in [2.45, 2.75) is 25.4 Å². The lowest BCUT2D eigenvalue weighted by atomic mass is 9.83. The van der Waals surface area contributed by atoms with Gasteiger partial charge in [0.2, 0.25) is 0 Å². The highest BCUT2D eigenvalue weighted by Gasteiger charge is 2.35. The van der Waals surface area contributed by atoms with E-state index >= 15 is 0 Å². The van der Waals surface area contributed by atoms with Gasteiger partial charge in [-0.05, 0) is 54.3 Å². The van der Waals surface area contributed by atoms with E-state index in [0.717, 1.165) is 36.2 Å². The van der Waals surface area contributed by atoms with Crippen LogP contribution in [0.2, 0.25) is 0 Å². The van der Waals surface area contributed by atoms with E-state index in [9.17, 15) is 14.7 Å². The first-order chi connectivity index (χ1) is 17.0. The summed E-state index contributed by atoms with van der Waals surface area (Å²) in [5.41, 5.74) is 2.94. The van der Waals surface area contributed by atoms with Crippen LogP contribution in [0.4, 0.5) is 0 Å². The highest BCUT2D eigenvalue weighted by molar-refractivity contribution is 5.85. The summed E-state index contributed by atoms with van der Waals surface area (Å²) in [6.45, 7) is 2.78. The highest BCUT2D eigenvalue weighted by atomic mass is 16.5. The fourth-order valence-electron chi connectivity index (χ4n) is 5.70. The van der Waals surface area contributed by atoms with Crippen LogP contribution in [0.15, 0.2) is 74.7 Å². The Morgan fingerprint density at radius 1 is 1.03 bits per heavy atom. The number of rotatable bonds is 4.